The predicted molar refractivity (Wildman–Crippen MR) is 61.0 cm³/mol. The third kappa shape index (κ3) is 3.66. The average Bonchev–Trinajstić information content (AvgIpc) is 2.33. The first-order chi connectivity index (χ1) is 10.4. The molecule has 9 nitrogen and oxygen atoms in total. The van der Waals surface area contributed by atoms with Crippen LogP contribution in [-0.4, -0.2) is 50.7 Å². The van der Waals surface area contributed by atoms with Gasteiger partial charge in [0.15, 0.2) is 5.75 Å². The second-order valence-corrected chi connectivity index (χ2v) is 3.82. The minimum atomic E-state index is -5.60. The molecule has 23 heavy (non-hydrogen) atoms. The molecule has 0 radical (unpaired) electrons. The summed E-state index contributed by atoms with van der Waals surface area (Å²) in [5, 5.41) is 35.4. The molecule has 0 aromatic heterocycles. The van der Waals surface area contributed by atoms with E-state index in [2.05, 4.69) is 4.74 Å². The summed E-state index contributed by atoms with van der Waals surface area (Å²) in [5.74, 6) is -10.6. The standard InChI is InChI=1S/C11H5F3O9/c12-11(13,14)23-6-4(9(19)20)2(7(15)16)1-3(8(17)18)5(6)10(21)22/h1H,(H,15,16)(H,17,18)(H,19,20)(H,21,22). The molecule has 0 saturated heterocycles. The maximum atomic E-state index is 12.4. The molecule has 0 atom stereocenters. The SMILES string of the molecule is O=C(O)c1cc(C(=O)O)c(C(=O)O)c(OC(F)(F)F)c1C(=O)O. The van der Waals surface area contributed by atoms with Gasteiger partial charge in [0.25, 0.3) is 0 Å². The van der Waals surface area contributed by atoms with Gasteiger partial charge in [-0.25, -0.2) is 19.2 Å². The molecule has 4 N–H and O–H groups in total. The average molecular weight is 338 g/mol. The molecule has 0 aliphatic rings. The number of rotatable bonds is 5. The minimum Gasteiger partial charge on any atom is -0.478 e. The van der Waals surface area contributed by atoms with Crippen LogP contribution in [0.3, 0.4) is 0 Å². The van der Waals surface area contributed by atoms with Gasteiger partial charge in [0, 0.05) is 0 Å². The highest BCUT2D eigenvalue weighted by atomic mass is 19.4. The summed E-state index contributed by atoms with van der Waals surface area (Å²) in [6.45, 7) is 0. The van der Waals surface area contributed by atoms with Crippen LogP contribution >= 0.6 is 0 Å². The maximum Gasteiger partial charge on any atom is 0.573 e. The van der Waals surface area contributed by atoms with Crippen LogP contribution in [0.5, 0.6) is 5.75 Å². The quantitative estimate of drug-likeness (QED) is 0.622. The van der Waals surface area contributed by atoms with Gasteiger partial charge in [-0.3, -0.25) is 0 Å². The topological polar surface area (TPSA) is 158 Å². The van der Waals surface area contributed by atoms with Crippen LogP contribution in [-0.2, 0) is 0 Å². The highest BCUT2D eigenvalue weighted by Gasteiger charge is 2.39. The van der Waals surface area contributed by atoms with Gasteiger partial charge < -0.3 is 25.2 Å². The fourth-order valence-electron chi connectivity index (χ4n) is 1.64. The van der Waals surface area contributed by atoms with Crippen molar-refractivity contribution in [3.63, 3.8) is 0 Å². The van der Waals surface area contributed by atoms with Crippen molar-refractivity contribution in [1.82, 2.24) is 0 Å². The largest absolute Gasteiger partial charge is 0.573 e. The number of ether oxygens (including phenoxy) is 1. The van der Waals surface area contributed by atoms with E-state index in [1.54, 1.807) is 0 Å². The number of carboxylic acid groups (broad SMARTS) is 4. The molecule has 0 amide bonds. The fourth-order valence-corrected chi connectivity index (χ4v) is 1.64. The van der Waals surface area contributed by atoms with Crippen molar-refractivity contribution in [2.45, 2.75) is 6.36 Å². The first-order valence-corrected chi connectivity index (χ1v) is 5.26. The summed E-state index contributed by atoms with van der Waals surface area (Å²) in [4.78, 5) is 44.0. The Hall–Kier alpha value is -3.31. The van der Waals surface area contributed by atoms with Crippen molar-refractivity contribution in [3.05, 3.63) is 28.3 Å². The number of halogens is 3. The van der Waals surface area contributed by atoms with E-state index in [4.69, 9.17) is 20.4 Å². The number of alkyl halides is 3. The van der Waals surface area contributed by atoms with E-state index in [9.17, 15) is 32.3 Å². The third-order valence-electron chi connectivity index (χ3n) is 2.39. The molecule has 1 aromatic rings. The summed E-state index contributed by atoms with van der Waals surface area (Å²) < 4.78 is 40.5. The number of carbonyl (C=O) groups is 4. The number of carboxylic acids is 4. The number of aromatic carboxylic acids is 4. The normalized spacial score (nSPS) is 10.9. The number of hydrogen-bond donors (Lipinski definition) is 4. The first-order valence-electron chi connectivity index (χ1n) is 5.26. The van der Waals surface area contributed by atoms with Crippen molar-refractivity contribution in [2.24, 2.45) is 0 Å². The summed E-state index contributed by atoms with van der Waals surface area (Å²) in [5.41, 5.74) is -6.03. The van der Waals surface area contributed by atoms with Crippen LogP contribution in [0.15, 0.2) is 6.07 Å². The van der Waals surface area contributed by atoms with Crippen molar-refractivity contribution in [3.8, 4) is 5.75 Å². The van der Waals surface area contributed by atoms with Gasteiger partial charge in [0.2, 0.25) is 0 Å². The van der Waals surface area contributed by atoms with Crippen LogP contribution in [0.1, 0.15) is 41.4 Å². The summed E-state index contributed by atoms with van der Waals surface area (Å²) in [6, 6.07) is 0.126. The molecule has 1 rings (SSSR count). The van der Waals surface area contributed by atoms with Crippen LogP contribution < -0.4 is 4.74 Å². The molecule has 0 saturated carbocycles. The van der Waals surface area contributed by atoms with Crippen molar-refractivity contribution in [1.29, 1.82) is 0 Å². The van der Waals surface area contributed by atoms with Crippen molar-refractivity contribution in [2.75, 3.05) is 0 Å². The lowest BCUT2D eigenvalue weighted by atomic mass is 9.96. The Kier molecular flexibility index (Phi) is 4.49. The lowest BCUT2D eigenvalue weighted by Gasteiger charge is -2.17. The van der Waals surface area contributed by atoms with E-state index in [0.717, 1.165) is 0 Å². The van der Waals surface area contributed by atoms with Crippen LogP contribution in [0.25, 0.3) is 0 Å². The molecule has 0 unspecified atom stereocenters. The molecule has 0 fully saturated rings. The van der Waals surface area contributed by atoms with E-state index in [1.807, 2.05) is 0 Å². The molecule has 0 bridgehead atoms. The Morgan fingerprint density at radius 1 is 0.783 bits per heavy atom. The van der Waals surface area contributed by atoms with Gasteiger partial charge in [0.1, 0.15) is 11.1 Å². The zero-order valence-electron chi connectivity index (χ0n) is 10.5. The molecule has 0 aliphatic heterocycles. The lowest BCUT2D eigenvalue weighted by molar-refractivity contribution is -0.274. The van der Waals surface area contributed by atoms with Gasteiger partial charge in [-0.1, -0.05) is 0 Å². The van der Waals surface area contributed by atoms with Gasteiger partial charge in [-0.2, -0.15) is 0 Å². The maximum absolute atomic E-state index is 12.4. The van der Waals surface area contributed by atoms with E-state index >= 15 is 0 Å². The smallest absolute Gasteiger partial charge is 0.478 e. The molecular formula is C11H5F3O9. The zero-order chi connectivity index (χ0) is 18.1. The summed E-state index contributed by atoms with van der Waals surface area (Å²) in [6.07, 6.45) is -5.60. The Balaban J connectivity index is 4.03. The molecule has 0 heterocycles. The first kappa shape index (κ1) is 17.7. The Morgan fingerprint density at radius 3 is 1.35 bits per heavy atom. The van der Waals surface area contributed by atoms with Crippen molar-refractivity contribution < 1.29 is 57.5 Å². The van der Waals surface area contributed by atoms with Gasteiger partial charge in [-0.05, 0) is 6.07 Å². The monoisotopic (exact) mass is 338 g/mol. The molecule has 124 valence electrons. The van der Waals surface area contributed by atoms with Gasteiger partial charge in [-0.15, -0.1) is 13.2 Å². The lowest BCUT2D eigenvalue weighted by Crippen LogP contribution is -2.25. The third-order valence-corrected chi connectivity index (χ3v) is 2.39. The Morgan fingerprint density at radius 2 is 1.13 bits per heavy atom. The molecule has 0 aliphatic carbocycles. The highest BCUT2D eigenvalue weighted by molar-refractivity contribution is 6.12. The van der Waals surface area contributed by atoms with E-state index in [1.165, 1.54) is 0 Å². The zero-order valence-corrected chi connectivity index (χ0v) is 10.5. The Labute approximate surface area is 123 Å². The summed E-state index contributed by atoms with van der Waals surface area (Å²) in [7, 11) is 0. The van der Waals surface area contributed by atoms with E-state index in [0.29, 0.717) is 0 Å². The number of hydrogen-bond acceptors (Lipinski definition) is 5. The van der Waals surface area contributed by atoms with E-state index in [-0.39, 0.29) is 6.07 Å². The predicted octanol–water partition coefficient (Wildman–Crippen LogP) is 1.38. The van der Waals surface area contributed by atoms with Gasteiger partial charge in [0.05, 0.1) is 11.1 Å². The van der Waals surface area contributed by atoms with Gasteiger partial charge >= 0.3 is 30.2 Å². The molecule has 12 heteroatoms. The molecular weight excluding hydrogens is 333 g/mol. The fraction of sp³-hybridized carbons (Fsp3) is 0.0909. The molecule has 1 aromatic carbocycles. The minimum absolute atomic E-state index is 0.126. The second kappa shape index (κ2) is 5.82. The van der Waals surface area contributed by atoms with Crippen LogP contribution in [0.4, 0.5) is 13.2 Å². The van der Waals surface area contributed by atoms with Crippen LogP contribution in [0.2, 0.25) is 0 Å². The Bertz CT molecular complexity index is 670. The van der Waals surface area contributed by atoms with E-state index < -0.39 is 58.2 Å². The highest BCUT2D eigenvalue weighted by Crippen LogP contribution is 2.35. The molecule has 0 spiro atoms. The second-order valence-electron chi connectivity index (χ2n) is 3.82. The summed E-state index contributed by atoms with van der Waals surface area (Å²) >= 11 is 0. The van der Waals surface area contributed by atoms with Crippen LogP contribution in [0, 0.1) is 0 Å². The van der Waals surface area contributed by atoms with Crippen molar-refractivity contribution >= 4 is 23.9 Å². The number of benzene rings is 1.